The Bertz CT molecular complexity index is 753. The first-order valence-electron chi connectivity index (χ1n) is 8.89. The Morgan fingerprint density at radius 1 is 1.37 bits per heavy atom. The predicted molar refractivity (Wildman–Crippen MR) is 107 cm³/mol. The van der Waals surface area contributed by atoms with Gasteiger partial charge in [0.2, 0.25) is 5.91 Å². The third-order valence-electron chi connectivity index (χ3n) is 4.56. The second-order valence-corrected chi connectivity index (χ2v) is 7.84. The van der Waals surface area contributed by atoms with Crippen LogP contribution in [0.4, 0.5) is 10.1 Å². The number of amides is 1. The summed E-state index contributed by atoms with van der Waals surface area (Å²) in [5.41, 5.74) is 0.0872. The molecule has 1 aliphatic heterocycles. The van der Waals surface area contributed by atoms with Crippen molar-refractivity contribution in [3.8, 4) is 0 Å². The normalized spacial score (nSPS) is 17.4. The monoisotopic (exact) mass is 411 g/mol. The van der Waals surface area contributed by atoms with E-state index in [1.165, 1.54) is 23.1 Å². The van der Waals surface area contributed by atoms with Gasteiger partial charge in [-0.3, -0.25) is 9.69 Å². The fourth-order valence-corrected chi connectivity index (χ4v) is 4.03. The summed E-state index contributed by atoms with van der Waals surface area (Å²) >= 11 is 7.58. The van der Waals surface area contributed by atoms with Crippen molar-refractivity contribution in [2.24, 2.45) is 0 Å². The Morgan fingerprint density at radius 2 is 2.15 bits per heavy atom. The Labute approximate surface area is 167 Å². The highest BCUT2D eigenvalue weighted by atomic mass is 35.5. The summed E-state index contributed by atoms with van der Waals surface area (Å²) in [7, 11) is 0. The molecule has 0 aliphatic carbocycles. The van der Waals surface area contributed by atoms with Crippen LogP contribution in [0.2, 0.25) is 5.02 Å². The van der Waals surface area contributed by atoms with Crippen LogP contribution in [0.1, 0.15) is 17.8 Å². The van der Waals surface area contributed by atoms with E-state index < -0.39 is 11.9 Å². The SMILES string of the molecule is CC(NCC(c1cccs1)N1CCOCC1)C(=O)Nc1cc(Cl)ccc1F. The molecule has 2 unspecified atom stereocenters. The molecule has 0 saturated carbocycles. The molecule has 27 heavy (non-hydrogen) atoms. The number of carbonyl (C=O) groups is 1. The molecule has 3 rings (SSSR count). The fourth-order valence-electron chi connectivity index (χ4n) is 3.00. The zero-order valence-corrected chi connectivity index (χ0v) is 16.7. The Morgan fingerprint density at radius 3 is 2.85 bits per heavy atom. The van der Waals surface area contributed by atoms with E-state index >= 15 is 0 Å². The lowest BCUT2D eigenvalue weighted by Crippen LogP contribution is -2.46. The predicted octanol–water partition coefficient (Wildman–Crippen LogP) is 3.53. The molecule has 0 bridgehead atoms. The van der Waals surface area contributed by atoms with Crippen molar-refractivity contribution >= 4 is 34.5 Å². The molecule has 2 heterocycles. The number of benzene rings is 1. The van der Waals surface area contributed by atoms with Crippen LogP contribution in [0.15, 0.2) is 35.7 Å². The summed E-state index contributed by atoms with van der Waals surface area (Å²) in [4.78, 5) is 16.0. The highest BCUT2D eigenvalue weighted by Crippen LogP contribution is 2.25. The average molecular weight is 412 g/mol. The minimum Gasteiger partial charge on any atom is -0.379 e. The number of carbonyl (C=O) groups excluding carboxylic acids is 1. The fraction of sp³-hybridized carbons (Fsp3) is 0.421. The Kier molecular flexibility index (Phi) is 7.20. The lowest BCUT2D eigenvalue weighted by Gasteiger charge is -2.34. The zero-order chi connectivity index (χ0) is 19.2. The molecule has 2 aromatic rings. The quantitative estimate of drug-likeness (QED) is 0.731. The van der Waals surface area contributed by atoms with Crippen LogP contribution in [0, 0.1) is 5.82 Å². The number of nitrogens with one attached hydrogen (secondary N) is 2. The van der Waals surface area contributed by atoms with Gasteiger partial charge in [0.05, 0.1) is 31.0 Å². The van der Waals surface area contributed by atoms with E-state index in [1.807, 2.05) is 6.07 Å². The average Bonchev–Trinajstić information content (AvgIpc) is 3.20. The smallest absolute Gasteiger partial charge is 0.241 e. The largest absolute Gasteiger partial charge is 0.379 e. The van der Waals surface area contributed by atoms with E-state index in [0.29, 0.717) is 24.8 Å². The van der Waals surface area contributed by atoms with Gasteiger partial charge in [-0.25, -0.2) is 4.39 Å². The van der Waals surface area contributed by atoms with Crippen LogP contribution in [0.5, 0.6) is 0 Å². The molecule has 1 aromatic heterocycles. The standard InChI is InChI=1S/C19H23ClFN3O2S/c1-13(19(25)23-16-11-14(20)4-5-15(16)21)22-12-17(18-3-2-10-27-18)24-6-8-26-9-7-24/h2-5,10-11,13,17,22H,6-9,12H2,1H3,(H,23,25). The van der Waals surface area contributed by atoms with Gasteiger partial charge in [-0.15, -0.1) is 11.3 Å². The van der Waals surface area contributed by atoms with Gasteiger partial charge in [0, 0.05) is 29.5 Å². The molecule has 2 atom stereocenters. The topological polar surface area (TPSA) is 53.6 Å². The lowest BCUT2D eigenvalue weighted by molar-refractivity contribution is -0.117. The van der Waals surface area contributed by atoms with Crippen LogP contribution in [-0.4, -0.2) is 49.7 Å². The third kappa shape index (κ3) is 5.49. The van der Waals surface area contributed by atoms with E-state index in [0.717, 1.165) is 13.1 Å². The molecular formula is C19H23ClFN3O2S. The molecule has 1 fully saturated rings. The second kappa shape index (κ2) is 9.61. The van der Waals surface area contributed by atoms with Crippen molar-refractivity contribution in [3.63, 3.8) is 0 Å². The lowest BCUT2D eigenvalue weighted by atomic mass is 10.1. The number of halogens is 2. The van der Waals surface area contributed by atoms with Gasteiger partial charge in [-0.1, -0.05) is 17.7 Å². The van der Waals surface area contributed by atoms with Crippen LogP contribution in [0.25, 0.3) is 0 Å². The van der Waals surface area contributed by atoms with Crippen molar-refractivity contribution in [3.05, 3.63) is 51.4 Å². The van der Waals surface area contributed by atoms with E-state index in [1.54, 1.807) is 18.3 Å². The molecule has 5 nitrogen and oxygen atoms in total. The van der Waals surface area contributed by atoms with Crippen molar-refractivity contribution in [1.29, 1.82) is 0 Å². The molecular weight excluding hydrogens is 389 g/mol. The van der Waals surface area contributed by atoms with Crippen LogP contribution in [0.3, 0.4) is 0 Å². The maximum Gasteiger partial charge on any atom is 0.241 e. The van der Waals surface area contributed by atoms with Crippen LogP contribution in [-0.2, 0) is 9.53 Å². The van der Waals surface area contributed by atoms with E-state index in [-0.39, 0.29) is 17.6 Å². The van der Waals surface area contributed by atoms with E-state index in [9.17, 15) is 9.18 Å². The molecule has 1 amide bonds. The second-order valence-electron chi connectivity index (χ2n) is 6.42. The van der Waals surface area contributed by atoms with Crippen molar-refractivity contribution in [2.75, 3.05) is 38.2 Å². The molecule has 0 spiro atoms. The first-order valence-corrected chi connectivity index (χ1v) is 10.1. The number of morpholine rings is 1. The third-order valence-corrected chi connectivity index (χ3v) is 5.76. The summed E-state index contributed by atoms with van der Waals surface area (Å²) in [5, 5.41) is 8.31. The van der Waals surface area contributed by atoms with Crippen LogP contribution < -0.4 is 10.6 Å². The van der Waals surface area contributed by atoms with Gasteiger partial charge in [-0.05, 0) is 36.6 Å². The zero-order valence-electron chi connectivity index (χ0n) is 15.1. The minimum absolute atomic E-state index is 0.0872. The molecule has 2 N–H and O–H groups in total. The van der Waals surface area contributed by atoms with Crippen molar-refractivity contribution in [2.45, 2.75) is 19.0 Å². The number of ether oxygens (including phenoxy) is 1. The molecule has 1 aromatic carbocycles. The van der Waals surface area contributed by atoms with Gasteiger partial charge >= 0.3 is 0 Å². The van der Waals surface area contributed by atoms with Gasteiger partial charge < -0.3 is 15.4 Å². The number of nitrogens with zero attached hydrogens (tertiary/aromatic N) is 1. The number of thiophene rings is 1. The van der Waals surface area contributed by atoms with Crippen molar-refractivity contribution < 1.29 is 13.9 Å². The summed E-state index contributed by atoms with van der Waals surface area (Å²) in [6.45, 7) is 5.53. The molecule has 0 radical (unpaired) electrons. The highest BCUT2D eigenvalue weighted by Gasteiger charge is 2.25. The van der Waals surface area contributed by atoms with Gasteiger partial charge in [0.25, 0.3) is 0 Å². The highest BCUT2D eigenvalue weighted by molar-refractivity contribution is 7.10. The number of anilines is 1. The maximum atomic E-state index is 13.8. The van der Waals surface area contributed by atoms with Gasteiger partial charge in [0.15, 0.2) is 0 Å². The number of hydrogen-bond donors (Lipinski definition) is 2. The summed E-state index contributed by atoms with van der Waals surface area (Å²) in [6.07, 6.45) is 0. The Hall–Kier alpha value is -1.51. The number of hydrogen-bond acceptors (Lipinski definition) is 5. The molecule has 1 saturated heterocycles. The first-order chi connectivity index (χ1) is 13.0. The van der Waals surface area contributed by atoms with E-state index in [4.69, 9.17) is 16.3 Å². The summed E-state index contributed by atoms with van der Waals surface area (Å²) in [5.74, 6) is -0.812. The van der Waals surface area contributed by atoms with Crippen molar-refractivity contribution in [1.82, 2.24) is 10.2 Å². The van der Waals surface area contributed by atoms with Gasteiger partial charge in [0.1, 0.15) is 5.82 Å². The molecule has 1 aliphatic rings. The first kappa shape index (κ1) is 20.2. The number of rotatable bonds is 7. The molecule has 8 heteroatoms. The maximum absolute atomic E-state index is 13.8. The summed E-state index contributed by atoms with van der Waals surface area (Å²) in [6, 6.07) is 7.93. The van der Waals surface area contributed by atoms with Gasteiger partial charge in [-0.2, -0.15) is 0 Å². The Balaban J connectivity index is 1.60. The molecule has 146 valence electrons. The minimum atomic E-state index is -0.510. The summed E-state index contributed by atoms with van der Waals surface area (Å²) < 4.78 is 19.3. The van der Waals surface area contributed by atoms with E-state index in [2.05, 4.69) is 27.0 Å². The van der Waals surface area contributed by atoms with Crippen LogP contribution >= 0.6 is 22.9 Å².